The van der Waals surface area contributed by atoms with Crippen LogP contribution in [0.5, 0.6) is 11.5 Å². The van der Waals surface area contributed by atoms with Gasteiger partial charge in [0.25, 0.3) is 5.91 Å². The molecule has 2 N–H and O–H groups in total. The molecule has 29 heavy (non-hydrogen) atoms. The van der Waals surface area contributed by atoms with Gasteiger partial charge in [-0.25, -0.2) is 0 Å². The number of hydrogen-bond donors (Lipinski definition) is 2. The molecule has 0 unspecified atom stereocenters. The highest BCUT2D eigenvalue weighted by atomic mass is 16.5. The Labute approximate surface area is 169 Å². The van der Waals surface area contributed by atoms with Crippen molar-refractivity contribution in [2.24, 2.45) is 0 Å². The second-order valence-electron chi connectivity index (χ2n) is 6.51. The lowest BCUT2D eigenvalue weighted by Crippen LogP contribution is -2.35. The Bertz CT molecular complexity index is 979. The monoisotopic (exact) mass is 395 g/mol. The number of ether oxygens (including phenoxy) is 2. The summed E-state index contributed by atoms with van der Waals surface area (Å²) in [6.07, 6.45) is 0. The van der Waals surface area contributed by atoms with Gasteiger partial charge < -0.3 is 24.7 Å². The summed E-state index contributed by atoms with van der Waals surface area (Å²) in [5.74, 6) is 0.634. The zero-order valence-corrected chi connectivity index (χ0v) is 16.8. The molecule has 0 aliphatic heterocycles. The molecule has 7 heteroatoms. The number of amides is 2. The van der Waals surface area contributed by atoms with Gasteiger partial charge in [-0.1, -0.05) is 18.2 Å². The van der Waals surface area contributed by atoms with Gasteiger partial charge >= 0.3 is 0 Å². The van der Waals surface area contributed by atoms with Crippen molar-refractivity contribution in [2.45, 2.75) is 13.8 Å². The molecule has 0 saturated heterocycles. The van der Waals surface area contributed by atoms with Gasteiger partial charge in [0.1, 0.15) is 5.69 Å². The SMILES string of the molecule is CCOc1ccc(NC(=O)CN(C)C(=O)c2cc3ccccc3[nH]2)cc1OCC. The largest absolute Gasteiger partial charge is 0.490 e. The van der Waals surface area contributed by atoms with Crippen molar-refractivity contribution < 1.29 is 19.1 Å². The minimum atomic E-state index is -0.302. The van der Waals surface area contributed by atoms with Crippen molar-refractivity contribution in [3.8, 4) is 11.5 Å². The molecule has 1 aromatic heterocycles. The fraction of sp³-hybridized carbons (Fsp3) is 0.273. The van der Waals surface area contributed by atoms with E-state index in [9.17, 15) is 9.59 Å². The van der Waals surface area contributed by atoms with Crippen LogP contribution in [-0.2, 0) is 4.79 Å². The van der Waals surface area contributed by atoms with E-state index in [0.717, 1.165) is 10.9 Å². The molecular formula is C22H25N3O4. The first-order valence-corrected chi connectivity index (χ1v) is 9.54. The average molecular weight is 395 g/mol. The molecule has 1 heterocycles. The standard InChI is InChI=1S/C22H25N3O4/c1-4-28-19-11-10-16(13-20(19)29-5-2)23-21(26)14-25(3)22(27)18-12-15-8-6-7-9-17(15)24-18/h6-13,24H,4-5,14H2,1-3H3,(H,23,26). The molecule has 0 bridgehead atoms. The highest BCUT2D eigenvalue weighted by Gasteiger charge is 2.17. The first-order chi connectivity index (χ1) is 14.0. The van der Waals surface area contributed by atoms with Gasteiger partial charge in [-0.15, -0.1) is 0 Å². The van der Waals surface area contributed by atoms with E-state index in [2.05, 4.69) is 10.3 Å². The molecule has 3 rings (SSSR count). The molecule has 0 aliphatic rings. The normalized spacial score (nSPS) is 10.6. The molecule has 152 valence electrons. The molecule has 0 aliphatic carbocycles. The van der Waals surface area contributed by atoms with E-state index in [4.69, 9.17) is 9.47 Å². The maximum atomic E-state index is 12.6. The average Bonchev–Trinajstić information content (AvgIpc) is 3.13. The Morgan fingerprint density at radius 2 is 1.72 bits per heavy atom. The third-order valence-corrected chi connectivity index (χ3v) is 4.32. The van der Waals surface area contributed by atoms with E-state index in [-0.39, 0.29) is 18.4 Å². The Hall–Kier alpha value is -3.48. The molecule has 3 aromatic rings. The van der Waals surface area contributed by atoms with Gasteiger partial charge in [-0.05, 0) is 38.1 Å². The van der Waals surface area contributed by atoms with E-state index in [1.165, 1.54) is 4.90 Å². The summed E-state index contributed by atoms with van der Waals surface area (Å²) < 4.78 is 11.1. The first-order valence-electron chi connectivity index (χ1n) is 9.54. The number of anilines is 1. The van der Waals surface area contributed by atoms with Crippen molar-refractivity contribution in [3.05, 3.63) is 54.2 Å². The number of fused-ring (bicyclic) bond motifs is 1. The zero-order valence-electron chi connectivity index (χ0n) is 16.8. The number of aromatic amines is 1. The number of aromatic nitrogens is 1. The van der Waals surface area contributed by atoms with Gasteiger partial charge in [-0.2, -0.15) is 0 Å². The molecule has 0 fully saturated rings. The number of nitrogens with zero attached hydrogens (tertiary/aromatic N) is 1. The van der Waals surface area contributed by atoms with Crippen molar-refractivity contribution in [3.63, 3.8) is 0 Å². The Morgan fingerprint density at radius 1 is 1.00 bits per heavy atom. The van der Waals surface area contributed by atoms with Gasteiger partial charge in [-0.3, -0.25) is 9.59 Å². The Morgan fingerprint density at radius 3 is 2.45 bits per heavy atom. The number of H-pyrrole nitrogens is 1. The Kier molecular flexibility index (Phi) is 6.39. The predicted octanol–water partition coefficient (Wildman–Crippen LogP) is 3.68. The van der Waals surface area contributed by atoms with E-state index in [1.807, 2.05) is 38.1 Å². The van der Waals surface area contributed by atoms with Crippen LogP contribution in [0.15, 0.2) is 48.5 Å². The highest BCUT2D eigenvalue weighted by Crippen LogP contribution is 2.30. The third-order valence-electron chi connectivity index (χ3n) is 4.32. The van der Waals surface area contributed by atoms with Gasteiger partial charge in [0.05, 0.1) is 19.8 Å². The number of carbonyl (C=O) groups is 2. The number of likely N-dealkylation sites (N-methyl/N-ethyl adjacent to an activating group) is 1. The quantitative estimate of drug-likeness (QED) is 0.609. The maximum absolute atomic E-state index is 12.6. The van der Waals surface area contributed by atoms with Crippen molar-refractivity contribution in [1.82, 2.24) is 9.88 Å². The molecule has 0 spiro atoms. The van der Waals surface area contributed by atoms with Crippen LogP contribution in [0, 0.1) is 0 Å². The van der Waals surface area contributed by atoms with Crippen LogP contribution in [0.1, 0.15) is 24.3 Å². The minimum absolute atomic E-state index is 0.0780. The summed E-state index contributed by atoms with van der Waals surface area (Å²) in [5.41, 5.74) is 1.90. The maximum Gasteiger partial charge on any atom is 0.270 e. The molecule has 2 aromatic carbocycles. The van der Waals surface area contributed by atoms with Gasteiger partial charge in [0.2, 0.25) is 5.91 Å². The van der Waals surface area contributed by atoms with E-state index in [0.29, 0.717) is 36.1 Å². The number of para-hydroxylation sites is 1. The second-order valence-corrected chi connectivity index (χ2v) is 6.51. The van der Waals surface area contributed by atoms with Crippen LogP contribution in [-0.4, -0.2) is 48.5 Å². The van der Waals surface area contributed by atoms with Crippen molar-refractivity contribution in [2.75, 3.05) is 32.1 Å². The van der Waals surface area contributed by atoms with Crippen LogP contribution in [0.25, 0.3) is 10.9 Å². The van der Waals surface area contributed by atoms with Crippen LogP contribution in [0.2, 0.25) is 0 Å². The van der Waals surface area contributed by atoms with Crippen LogP contribution in [0.4, 0.5) is 5.69 Å². The number of benzene rings is 2. The molecule has 7 nitrogen and oxygen atoms in total. The fourth-order valence-electron chi connectivity index (χ4n) is 3.01. The predicted molar refractivity (Wildman–Crippen MR) is 113 cm³/mol. The number of hydrogen-bond acceptors (Lipinski definition) is 4. The smallest absolute Gasteiger partial charge is 0.270 e. The van der Waals surface area contributed by atoms with E-state index < -0.39 is 0 Å². The first kappa shape index (κ1) is 20.3. The lowest BCUT2D eigenvalue weighted by atomic mass is 10.2. The summed E-state index contributed by atoms with van der Waals surface area (Å²) in [7, 11) is 1.59. The number of nitrogens with one attached hydrogen (secondary N) is 2. The number of carbonyl (C=O) groups excluding carboxylic acids is 2. The summed E-state index contributed by atoms with van der Waals surface area (Å²) in [5, 5.41) is 3.75. The molecular weight excluding hydrogens is 370 g/mol. The van der Waals surface area contributed by atoms with Gasteiger partial charge in [0, 0.05) is 29.7 Å². The third kappa shape index (κ3) is 4.87. The minimum Gasteiger partial charge on any atom is -0.490 e. The van der Waals surface area contributed by atoms with E-state index >= 15 is 0 Å². The summed E-state index contributed by atoms with van der Waals surface area (Å²) in [6.45, 7) is 4.70. The zero-order chi connectivity index (χ0) is 20.8. The van der Waals surface area contributed by atoms with Crippen molar-refractivity contribution in [1.29, 1.82) is 0 Å². The van der Waals surface area contributed by atoms with Gasteiger partial charge in [0.15, 0.2) is 11.5 Å². The molecule has 0 radical (unpaired) electrons. The topological polar surface area (TPSA) is 83.7 Å². The lowest BCUT2D eigenvalue weighted by molar-refractivity contribution is -0.116. The van der Waals surface area contributed by atoms with Crippen LogP contribution >= 0.6 is 0 Å². The fourth-order valence-corrected chi connectivity index (χ4v) is 3.01. The van der Waals surface area contributed by atoms with Crippen molar-refractivity contribution >= 4 is 28.4 Å². The van der Waals surface area contributed by atoms with Crippen LogP contribution < -0.4 is 14.8 Å². The summed E-state index contributed by atoms with van der Waals surface area (Å²) in [6, 6.07) is 14.6. The molecule has 0 atom stereocenters. The Balaban J connectivity index is 1.65. The number of rotatable bonds is 8. The van der Waals surface area contributed by atoms with Crippen LogP contribution in [0.3, 0.4) is 0 Å². The second kappa shape index (κ2) is 9.14. The van der Waals surface area contributed by atoms with E-state index in [1.54, 1.807) is 31.3 Å². The summed E-state index contributed by atoms with van der Waals surface area (Å²) >= 11 is 0. The summed E-state index contributed by atoms with van der Waals surface area (Å²) in [4.78, 5) is 29.5. The molecule has 2 amide bonds. The highest BCUT2D eigenvalue weighted by molar-refractivity contribution is 6.01. The molecule has 0 saturated carbocycles. The lowest BCUT2D eigenvalue weighted by Gasteiger charge is -2.17.